The van der Waals surface area contributed by atoms with Gasteiger partial charge in [0, 0.05) is 6.54 Å². The maximum Gasteiger partial charge on any atom is 0.342 e. The van der Waals surface area contributed by atoms with Gasteiger partial charge in [-0.15, -0.1) is 0 Å². The Labute approximate surface area is 121 Å². The molecule has 6 nitrogen and oxygen atoms in total. The summed E-state index contributed by atoms with van der Waals surface area (Å²) in [6, 6.07) is 1.65. The molecule has 0 heterocycles. The van der Waals surface area contributed by atoms with Crippen LogP contribution in [0.25, 0.3) is 0 Å². The summed E-state index contributed by atoms with van der Waals surface area (Å²) in [5, 5.41) is 22.6. The van der Waals surface area contributed by atoms with Crippen LogP contribution in [-0.4, -0.2) is 22.5 Å². The minimum Gasteiger partial charge on any atom is -0.477 e. The number of carbonyl (C=O) groups is 1. The molecule has 0 radical (unpaired) electrons. The smallest absolute Gasteiger partial charge is 0.342 e. The molecule has 1 aliphatic carbocycles. The molecule has 1 aliphatic rings. The average molecular weight is 296 g/mol. The van der Waals surface area contributed by atoms with E-state index in [9.17, 15) is 19.3 Å². The molecular formula is C14H17FN2O4. The van der Waals surface area contributed by atoms with Crippen LogP contribution in [0.15, 0.2) is 12.1 Å². The first-order chi connectivity index (χ1) is 9.90. The number of hydrogen-bond acceptors (Lipinski definition) is 4. The Hall–Kier alpha value is -2.18. The minimum absolute atomic E-state index is 0.00269. The van der Waals surface area contributed by atoms with E-state index in [0.717, 1.165) is 25.3 Å². The Morgan fingerprint density at radius 1 is 1.52 bits per heavy atom. The van der Waals surface area contributed by atoms with Crippen molar-refractivity contribution in [1.82, 2.24) is 0 Å². The molecule has 7 heteroatoms. The molecule has 2 N–H and O–H groups in total. The van der Waals surface area contributed by atoms with Gasteiger partial charge in [-0.25, -0.2) is 9.18 Å². The normalized spacial score (nSPS) is 21.2. The summed E-state index contributed by atoms with van der Waals surface area (Å²) >= 11 is 0. The van der Waals surface area contributed by atoms with Crippen LogP contribution in [0, 0.1) is 27.8 Å². The fourth-order valence-electron chi connectivity index (χ4n) is 2.79. The summed E-state index contributed by atoms with van der Waals surface area (Å²) in [5.41, 5.74) is -1.25. The van der Waals surface area contributed by atoms with Gasteiger partial charge in [-0.3, -0.25) is 10.1 Å². The minimum atomic E-state index is -1.45. The molecule has 0 amide bonds. The molecular weight excluding hydrogens is 279 g/mol. The third kappa shape index (κ3) is 3.29. The number of carboxylic acids is 1. The van der Waals surface area contributed by atoms with Gasteiger partial charge in [-0.1, -0.05) is 19.8 Å². The van der Waals surface area contributed by atoms with E-state index in [-0.39, 0.29) is 5.69 Å². The SMILES string of the molecule is CC1CCCC1CNc1cc(C(=O)O)c([N+](=O)[O-])cc1F. The van der Waals surface area contributed by atoms with Crippen molar-refractivity contribution in [3.8, 4) is 0 Å². The van der Waals surface area contributed by atoms with Crippen molar-refractivity contribution in [2.24, 2.45) is 11.8 Å². The van der Waals surface area contributed by atoms with Gasteiger partial charge in [-0.05, 0) is 24.3 Å². The molecule has 1 saturated carbocycles. The second-order valence-electron chi connectivity index (χ2n) is 5.46. The van der Waals surface area contributed by atoms with Crippen LogP contribution in [0.3, 0.4) is 0 Å². The van der Waals surface area contributed by atoms with E-state index in [1.807, 2.05) is 0 Å². The van der Waals surface area contributed by atoms with E-state index in [2.05, 4.69) is 12.2 Å². The summed E-state index contributed by atoms with van der Waals surface area (Å²) in [6.07, 6.45) is 3.32. The summed E-state index contributed by atoms with van der Waals surface area (Å²) in [7, 11) is 0. The second-order valence-corrected chi connectivity index (χ2v) is 5.46. The Morgan fingerprint density at radius 3 is 2.76 bits per heavy atom. The van der Waals surface area contributed by atoms with Gasteiger partial charge in [0.2, 0.25) is 0 Å². The van der Waals surface area contributed by atoms with Crippen molar-refractivity contribution in [3.05, 3.63) is 33.6 Å². The van der Waals surface area contributed by atoms with Crippen LogP contribution in [0.4, 0.5) is 15.8 Å². The number of nitrogens with one attached hydrogen (secondary N) is 1. The van der Waals surface area contributed by atoms with Crippen LogP contribution >= 0.6 is 0 Å². The summed E-state index contributed by atoms with van der Waals surface area (Å²) < 4.78 is 13.9. The summed E-state index contributed by atoms with van der Waals surface area (Å²) in [5.74, 6) is -1.30. The lowest BCUT2D eigenvalue weighted by molar-refractivity contribution is -0.385. The van der Waals surface area contributed by atoms with E-state index >= 15 is 0 Å². The number of anilines is 1. The topological polar surface area (TPSA) is 92.5 Å². The van der Waals surface area contributed by atoms with Crippen LogP contribution in [0.2, 0.25) is 0 Å². The third-order valence-corrected chi connectivity index (χ3v) is 4.11. The molecule has 1 aromatic rings. The molecule has 0 saturated heterocycles. The van der Waals surface area contributed by atoms with Crippen LogP contribution in [0.5, 0.6) is 0 Å². The Balaban J connectivity index is 2.21. The van der Waals surface area contributed by atoms with Crippen molar-refractivity contribution < 1.29 is 19.2 Å². The molecule has 0 spiro atoms. The number of nitro groups is 1. The van der Waals surface area contributed by atoms with E-state index < -0.39 is 28.0 Å². The maximum absolute atomic E-state index is 13.9. The number of nitro benzene ring substituents is 1. The number of benzene rings is 1. The third-order valence-electron chi connectivity index (χ3n) is 4.11. The number of nitrogens with zero attached hydrogens (tertiary/aromatic N) is 1. The van der Waals surface area contributed by atoms with E-state index in [1.54, 1.807) is 0 Å². The molecule has 114 valence electrons. The molecule has 1 fully saturated rings. The fourth-order valence-corrected chi connectivity index (χ4v) is 2.79. The summed E-state index contributed by atoms with van der Waals surface area (Å²) in [4.78, 5) is 20.9. The van der Waals surface area contributed by atoms with Gasteiger partial charge in [0.1, 0.15) is 5.56 Å². The number of aromatic carboxylic acids is 1. The van der Waals surface area contributed by atoms with Gasteiger partial charge in [0.05, 0.1) is 16.7 Å². The van der Waals surface area contributed by atoms with Gasteiger partial charge in [0.25, 0.3) is 5.69 Å². The standard InChI is InChI=1S/C14H17FN2O4/c1-8-3-2-4-9(8)7-16-12-5-10(14(18)19)13(17(20)21)6-11(12)15/h5-6,8-9,16H,2-4,7H2,1H3,(H,18,19). The molecule has 0 aromatic heterocycles. The Kier molecular flexibility index (Phi) is 4.40. The molecule has 1 aromatic carbocycles. The highest BCUT2D eigenvalue weighted by molar-refractivity contribution is 5.93. The van der Waals surface area contributed by atoms with E-state index in [4.69, 9.17) is 5.11 Å². The first kappa shape index (κ1) is 15.2. The zero-order chi connectivity index (χ0) is 15.6. The Bertz CT molecular complexity index is 576. The quantitative estimate of drug-likeness (QED) is 0.642. The van der Waals surface area contributed by atoms with Crippen LogP contribution < -0.4 is 5.32 Å². The van der Waals surface area contributed by atoms with Crippen molar-refractivity contribution in [2.75, 3.05) is 11.9 Å². The lowest BCUT2D eigenvalue weighted by Gasteiger charge is -2.17. The molecule has 21 heavy (non-hydrogen) atoms. The van der Waals surface area contributed by atoms with Crippen molar-refractivity contribution in [2.45, 2.75) is 26.2 Å². The largest absolute Gasteiger partial charge is 0.477 e. The number of hydrogen-bond donors (Lipinski definition) is 2. The predicted molar refractivity (Wildman–Crippen MR) is 75.0 cm³/mol. The zero-order valence-electron chi connectivity index (χ0n) is 11.6. The predicted octanol–water partition coefficient (Wildman–Crippen LogP) is 3.28. The van der Waals surface area contributed by atoms with Crippen LogP contribution in [-0.2, 0) is 0 Å². The van der Waals surface area contributed by atoms with Gasteiger partial charge in [-0.2, -0.15) is 0 Å². The lowest BCUT2D eigenvalue weighted by atomic mass is 9.98. The molecule has 2 atom stereocenters. The Morgan fingerprint density at radius 2 is 2.24 bits per heavy atom. The maximum atomic E-state index is 13.9. The molecule has 2 rings (SSSR count). The average Bonchev–Trinajstić information content (AvgIpc) is 2.82. The molecule has 2 unspecified atom stereocenters. The molecule has 0 aliphatic heterocycles. The first-order valence-electron chi connectivity index (χ1n) is 6.85. The number of rotatable bonds is 5. The van der Waals surface area contributed by atoms with E-state index in [1.165, 1.54) is 0 Å². The zero-order valence-corrected chi connectivity index (χ0v) is 11.6. The van der Waals surface area contributed by atoms with Crippen LogP contribution in [0.1, 0.15) is 36.5 Å². The van der Waals surface area contributed by atoms with Gasteiger partial charge < -0.3 is 10.4 Å². The monoisotopic (exact) mass is 296 g/mol. The van der Waals surface area contributed by atoms with Crippen molar-refractivity contribution in [1.29, 1.82) is 0 Å². The number of carboxylic acid groups (broad SMARTS) is 1. The molecule has 0 bridgehead atoms. The highest BCUT2D eigenvalue weighted by Gasteiger charge is 2.25. The second kappa shape index (κ2) is 6.07. The van der Waals surface area contributed by atoms with E-state index in [0.29, 0.717) is 24.4 Å². The summed E-state index contributed by atoms with van der Waals surface area (Å²) in [6.45, 7) is 2.67. The highest BCUT2D eigenvalue weighted by atomic mass is 19.1. The van der Waals surface area contributed by atoms with Crippen molar-refractivity contribution in [3.63, 3.8) is 0 Å². The highest BCUT2D eigenvalue weighted by Crippen LogP contribution is 2.32. The number of halogens is 1. The van der Waals surface area contributed by atoms with Crippen molar-refractivity contribution >= 4 is 17.3 Å². The van der Waals surface area contributed by atoms with Gasteiger partial charge >= 0.3 is 5.97 Å². The van der Waals surface area contributed by atoms with Gasteiger partial charge in [0.15, 0.2) is 5.82 Å². The fraction of sp³-hybridized carbons (Fsp3) is 0.500. The lowest BCUT2D eigenvalue weighted by Crippen LogP contribution is -2.17. The first-order valence-corrected chi connectivity index (χ1v) is 6.85.